The summed E-state index contributed by atoms with van der Waals surface area (Å²) in [6.45, 7) is 2.41. The first-order valence-electron chi connectivity index (χ1n) is 8.40. The molecular weight excluding hydrogens is 204 g/mol. The minimum atomic E-state index is 1.06. The molecule has 2 aliphatic carbocycles. The van der Waals surface area contributed by atoms with Gasteiger partial charge in [-0.2, -0.15) is 0 Å². The quantitative estimate of drug-likeness (QED) is 0.519. The average molecular weight is 236 g/mol. The van der Waals surface area contributed by atoms with Gasteiger partial charge in [-0.1, -0.05) is 84.0 Å². The number of hydrogen-bond acceptors (Lipinski definition) is 0. The topological polar surface area (TPSA) is 0 Å². The van der Waals surface area contributed by atoms with Crippen molar-refractivity contribution in [3.8, 4) is 0 Å². The molecule has 0 amide bonds. The van der Waals surface area contributed by atoms with Crippen LogP contribution in [-0.4, -0.2) is 0 Å². The standard InChI is InChI=1S/C17H32/c1-2-15-10-8-9-13-17(14-15)16-11-6-4-3-5-7-12-16/h15-17H,2-14H2,1H3. The lowest BCUT2D eigenvalue weighted by molar-refractivity contribution is 0.219. The molecule has 100 valence electrons. The van der Waals surface area contributed by atoms with Crippen LogP contribution in [0.1, 0.15) is 90.4 Å². The van der Waals surface area contributed by atoms with Crippen molar-refractivity contribution in [1.82, 2.24) is 0 Å². The van der Waals surface area contributed by atoms with Gasteiger partial charge in [0.1, 0.15) is 0 Å². The highest BCUT2D eigenvalue weighted by Gasteiger charge is 2.26. The molecule has 0 nitrogen and oxygen atoms in total. The lowest BCUT2D eigenvalue weighted by Gasteiger charge is -2.29. The van der Waals surface area contributed by atoms with Crippen molar-refractivity contribution in [1.29, 1.82) is 0 Å². The van der Waals surface area contributed by atoms with Crippen molar-refractivity contribution in [3.05, 3.63) is 0 Å². The number of rotatable bonds is 2. The van der Waals surface area contributed by atoms with E-state index < -0.39 is 0 Å². The Labute approximate surface area is 109 Å². The lowest BCUT2D eigenvalue weighted by Crippen LogP contribution is -2.18. The molecule has 2 saturated carbocycles. The molecule has 0 aromatic carbocycles. The van der Waals surface area contributed by atoms with Crippen LogP contribution >= 0.6 is 0 Å². The van der Waals surface area contributed by atoms with Crippen molar-refractivity contribution in [2.75, 3.05) is 0 Å². The van der Waals surface area contributed by atoms with Gasteiger partial charge in [-0.25, -0.2) is 0 Å². The molecule has 0 saturated heterocycles. The normalized spacial score (nSPS) is 33.7. The summed E-state index contributed by atoms with van der Waals surface area (Å²) in [5, 5.41) is 0. The Balaban J connectivity index is 1.88. The van der Waals surface area contributed by atoms with Crippen LogP contribution in [0.3, 0.4) is 0 Å². The zero-order chi connectivity index (χ0) is 11.9. The Morgan fingerprint density at radius 3 is 1.88 bits per heavy atom. The molecule has 0 heteroatoms. The fourth-order valence-corrected chi connectivity index (χ4v) is 4.26. The Hall–Kier alpha value is 0. The van der Waals surface area contributed by atoms with Crippen LogP contribution in [0.5, 0.6) is 0 Å². The SMILES string of the molecule is CCC1CCCCC(C2CCCCCCC2)C1. The molecule has 0 aromatic heterocycles. The van der Waals surface area contributed by atoms with E-state index in [4.69, 9.17) is 0 Å². The van der Waals surface area contributed by atoms with E-state index in [0.29, 0.717) is 0 Å². The second kappa shape index (κ2) is 7.44. The van der Waals surface area contributed by atoms with Crippen LogP contribution in [0.2, 0.25) is 0 Å². The van der Waals surface area contributed by atoms with E-state index in [0.717, 1.165) is 17.8 Å². The van der Waals surface area contributed by atoms with Crippen LogP contribution in [0, 0.1) is 17.8 Å². The van der Waals surface area contributed by atoms with E-state index in [1.54, 1.807) is 25.7 Å². The molecule has 0 aromatic rings. The molecule has 0 bridgehead atoms. The first kappa shape index (κ1) is 13.4. The van der Waals surface area contributed by atoms with E-state index in [2.05, 4.69) is 6.92 Å². The summed E-state index contributed by atoms with van der Waals surface area (Å²) in [5.74, 6) is 3.26. The van der Waals surface area contributed by atoms with Crippen LogP contribution in [0.25, 0.3) is 0 Å². The third-order valence-electron chi connectivity index (χ3n) is 5.47. The van der Waals surface area contributed by atoms with E-state index in [-0.39, 0.29) is 0 Å². The summed E-state index contributed by atoms with van der Waals surface area (Å²) in [7, 11) is 0. The highest BCUT2D eigenvalue weighted by atomic mass is 14.3. The largest absolute Gasteiger partial charge is 0.0651 e. The van der Waals surface area contributed by atoms with E-state index in [1.165, 1.54) is 57.8 Å². The summed E-state index contributed by atoms with van der Waals surface area (Å²) in [6, 6.07) is 0. The lowest BCUT2D eigenvalue weighted by atomic mass is 9.76. The monoisotopic (exact) mass is 236 g/mol. The van der Waals surface area contributed by atoms with Crippen molar-refractivity contribution in [2.24, 2.45) is 17.8 Å². The van der Waals surface area contributed by atoms with Gasteiger partial charge < -0.3 is 0 Å². The maximum absolute atomic E-state index is 2.41. The molecule has 2 unspecified atom stereocenters. The maximum Gasteiger partial charge on any atom is -0.0383 e. The van der Waals surface area contributed by atoms with Gasteiger partial charge >= 0.3 is 0 Å². The van der Waals surface area contributed by atoms with E-state index in [1.807, 2.05) is 0 Å². The molecule has 0 aliphatic heterocycles. The van der Waals surface area contributed by atoms with Gasteiger partial charge in [0.25, 0.3) is 0 Å². The van der Waals surface area contributed by atoms with Gasteiger partial charge in [0.05, 0.1) is 0 Å². The van der Waals surface area contributed by atoms with Crippen molar-refractivity contribution in [2.45, 2.75) is 90.4 Å². The Bertz CT molecular complexity index is 188. The van der Waals surface area contributed by atoms with Gasteiger partial charge in [0, 0.05) is 0 Å². The zero-order valence-electron chi connectivity index (χ0n) is 11.9. The second-order valence-corrected chi connectivity index (χ2v) is 6.66. The summed E-state index contributed by atoms with van der Waals surface area (Å²) >= 11 is 0. The van der Waals surface area contributed by atoms with Gasteiger partial charge in [-0.15, -0.1) is 0 Å². The van der Waals surface area contributed by atoms with Gasteiger partial charge in [-0.3, -0.25) is 0 Å². The first-order valence-corrected chi connectivity index (χ1v) is 8.40. The molecule has 2 aliphatic rings. The molecule has 0 radical (unpaired) electrons. The third-order valence-corrected chi connectivity index (χ3v) is 5.47. The molecule has 0 N–H and O–H groups in total. The van der Waals surface area contributed by atoms with E-state index in [9.17, 15) is 0 Å². The van der Waals surface area contributed by atoms with Crippen LogP contribution in [-0.2, 0) is 0 Å². The minimum Gasteiger partial charge on any atom is -0.0651 e. The van der Waals surface area contributed by atoms with Crippen LogP contribution in [0.15, 0.2) is 0 Å². The van der Waals surface area contributed by atoms with E-state index >= 15 is 0 Å². The molecule has 0 heterocycles. The number of hydrogen-bond donors (Lipinski definition) is 0. The smallest absolute Gasteiger partial charge is 0.0383 e. The molecule has 2 atom stereocenters. The van der Waals surface area contributed by atoms with Crippen LogP contribution in [0.4, 0.5) is 0 Å². The van der Waals surface area contributed by atoms with Gasteiger partial charge in [-0.05, 0) is 24.2 Å². The maximum atomic E-state index is 2.41. The molecule has 17 heavy (non-hydrogen) atoms. The molecule has 2 rings (SSSR count). The predicted molar refractivity (Wildman–Crippen MR) is 76.2 cm³/mol. The Kier molecular flexibility index (Phi) is 5.88. The summed E-state index contributed by atoms with van der Waals surface area (Å²) in [6.07, 6.45) is 19.8. The fraction of sp³-hybridized carbons (Fsp3) is 1.00. The second-order valence-electron chi connectivity index (χ2n) is 6.66. The highest BCUT2D eigenvalue weighted by Crippen LogP contribution is 2.38. The van der Waals surface area contributed by atoms with Crippen molar-refractivity contribution < 1.29 is 0 Å². The minimum absolute atomic E-state index is 1.06. The predicted octanol–water partition coefficient (Wildman–Crippen LogP) is 5.95. The van der Waals surface area contributed by atoms with Crippen LogP contribution < -0.4 is 0 Å². The van der Waals surface area contributed by atoms with Gasteiger partial charge in [0.2, 0.25) is 0 Å². The first-order chi connectivity index (χ1) is 8.40. The van der Waals surface area contributed by atoms with Crippen molar-refractivity contribution in [3.63, 3.8) is 0 Å². The fourth-order valence-electron chi connectivity index (χ4n) is 4.26. The zero-order valence-corrected chi connectivity index (χ0v) is 11.9. The Morgan fingerprint density at radius 1 is 0.647 bits per heavy atom. The van der Waals surface area contributed by atoms with Gasteiger partial charge in [0.15, 0.2) is 0 Å². The third kappa shape index (κ3) is 4.30. The molecular formula is C17H32. The molecule has 0 spiro atoms. The molecule has 2 fully saturated rings. The summed E-state index contributed by atoms with van der Waals surface area (Å²) < 4.78 is 0. The summed E-state index contributed by atoms with van der Waals surface area (Å²) in [4.78, 5) is 0. The average Bonchev–Trinajstić information content (AvgIpc) is 2.54. The Morgan fingerprint density at radius 2 is 1.18 bits per heavy atom. The van der Waals surface area contributed by atoms with Crippen molar-refractivity contribution >= 4 is 0 Å². The summed E-state index contributed by atoms with van der Waals surface area (Å²) in [5.41, 5.74) is 0. The highest BCUT2D eigenvalue weighted by molar-refractivity contribution is 4.78.